The standard InChI is InChI=1S/C23H28Cl2N6O5S/c1-15-18(14-26)23(37-30-15)29-28-19-4-3-17(13-20(19)27-16(2)32)31(9-11-35-21(33)5-7-24)10-12-36-22(34)6-8-25/h3-4,13,21,33H,5-12H2,1-2H3,(H,27,32)/b29-28+. The number of nitrogens with zero attached hydrogens (tertiary/aromatic N) is 5. The Morgan fingerprint density at radius 2 is 2.03 bits per heavy atom. The van der Waals surface area contributed by atoms with E-state index < -0.39 is 12.3 Å². The van der Waals surface area contributed by atoms with E-state index in [9.17, 15) is 20.0 Å². The number of hydrogen-bond donors (Lipinski definition) is 2. The van der Waals surface area contributed by atoms with Crippen LogP contribution in [0, 0.1) is 18.3 Å². The third kappa shape index (κ3) is 10.2. The first-order valence-electron chi connectivity index (χ1n) is 11.3. The van der Waals surface area contributed by atoms with E-state index in [1.807, 2.05) is 4.90 Å². The number of aliphatic hydroxyl groups excluding tert-OH is 1. The fourth-order valence-electron chi connectivity index (χ4n) is 3.02. The largest absolute Gasteiger partial charge is 0.464 e. The molecule has 2 N–H and O–H groups in total. The zero-order chi connectivity index (χ0) is 27.2. The van der Waals surface area contributed by atoms with Gasteiger partial charge in [0.1, 0.15) is 23.9 Å². The zero-order valence-electron chi connectivity index (χ0n) is 20.4. The number of amides is 1. The van der Waals surface area contributed by atoms with Gasteiger partial charge in [-0.1, -0.05) is 0 Å². The summed E-state index contributed by atoms with van der Waals surface area (Å²) in [6.07, 6.45) is -0.599. The third-order valence-electron chi connectivity index (χ3n) is 4.81. The topological polar surface area (TPSA) is 150 Å². The van der Waals surface area contributed by atoms with Crippen molar-refractivity contribution < 1.29 is 24.2 Å². The molecule has 0 bridgehead atoms. The van der Waals surface area contributed by atoms with Crippen LogP contribution in [0.3, 0.4) is 0 Å². The molecular weight excluding hydrogens is 543 g/mol. The molecule has 0 saturated carbocycles. The normalized spacial score (nSPS) is 11.8. The second-order valence-electron chi connectivity index (χ2n) is 7.59. The Balaban J connectivity index is 2.27. The number of azo groups is 1. The first-order valence-corrected chi connectivity index (χ1v) is 13.1. The Hall–Kier alpha value is -2.82. The second-order valence-corrected chi connectivity index (χ2v) is 9.10. The Kier molecular flexibility index (Phi) is 13.2. The maximum atomic E-state index is 11.9. The fourth-order valence-corrected chi connectivity index (χ4v) is 4.03. The fraction of sp³-hybridized carbons (Fsp3) is 0.478. The summed E-state index contributed by atoms with van der Waals surface area (Å²) < 4.78 is 14.7. The average Bonchev–Trinajstić information content (AvgIpc) is 3.21. The highest BCUT2D eigenvalue weighted by atomic mass is 35.5. The van der Waals surface area contributed by atoms with Gasteiger partial charge >= 0.3 is 5.97 Å². The Labute approximate surface area is 229 Å². The highest BCUT2D eigenvalue weighted by Crippen LogP contribution is 2.34. The lowest BCUT2D eigenvalue weighted by Gasteiger charge is -2.26. The number of carbonyl (C=O) groups excluding carboxylic acids is 2. The van der Waals surface area contributed by atoms with Crippen molar-refractivity contribution in [3.8, 4) is 6.07 Å². The minimum atomic E-state index is -0.993. The molecule has 0 aliphatic carbocycles. The van der Waals surface area contributed by atoms with Gasteiger partial charge in [0.25, 0.3) is 0 Å². The van der Waals surface area contributed by atoms with Gasteiger partial charge in [0.15, 0.2) is 11.3 Å². The Morgan fingerprint density at radius 3 is 2.70 bits per heavy atom. The molecule has 0 aliphatic rings. The molecule has 1 aromatic carbocycles. The summed E-state index contributed by atoms with van der Waals surface area (Å²) >= 11 is 12.3. The SMILES string of the molecule is CC(=O)Nc1cc(N(CCOC(=O)CCCl)CCOC(O)CCCl)ccc1/N=N/c1snc(C)c1C#N. The number of aryl methyl sites for hydroxylation is 1. The number of aliphatic hydroxyl groups is 1. The van der Waals surface area contributed by atoms with Gasteiger partial charge in [0.2, 0.25) is 5.91 Å². The number of nitriles is 1. The molecule has 14 heteroatoms. The lowest BCUT2D eigenvalue weighted by Crippen LogP contribution is -2.32. The van der Waals surface area contributed by atoms with Gasteiger partial charge < -0.3 is 24.8 Å². The highest BCUT2D eigenvalue weighted by Gasteiger charge is 2.15. The molecule has 11 nitrogen and oxygen atoms in total. The van der Waals surface area contributed by atoms with E-state index in [1.165, 1.54) is 6.92 Å². The number of benzene rings is 1. The Morgan fingerprint density at radius 1 is 1.27 bits per heavy atom. The van der Waals surface area contributed by atoms with Crippen molar-refractivity contribution in [2.24, 2.45) is 10.2 Å². The number of aromatic nitrogens is 1. The van der Waals surface area contributed by atoms with Gasteiger partial charge in [-0.2, -0.15) is 9.64 Å². The van der Waals surface area contributed by atoms with Crippen molar-refractivity contribution in [1.29, 1.82) is 5.26 Å². The molecule has 0 radical (unpaired) electrons. The smallest absolute Gasteiger partial charge is 0.307 e. The number of halogens is 2. The third-order valence-corrected chi connectivity index (χ3v) is 6.04. The van der Waals surface area contributed by atoms with Crippen LogP contribution in [0.1, 0.15) is 31.0 Å². The molecule has 0 fully saturated rings. The monoisotopic (exact) mass is 570 g/mol. The van der Waals surface area contributed by atoms with E-state index in [1.54, 1.807) is 25.1 Å². The number of alkyl halides is 2. The van der Waals surface area contributed by atoms with E-state index in [0.717, 1.165) is 11.5 Å². The molecule has 0 saturated heterocycles. The van der Waals surface area contributed by atoms with Gasteiger partial charge in [0.05, 0.1) is 31.0 Å². The van der Waals surface area contributed by atoms with Crippen molar-refractivity contribution in [2.45, 2.75) is 33.0 Å². The predicted molar refractivity (Wildman–Crippen MR) is 142 cm³/mol. The van der Waals surface area contributed by atoms with Crippen molar-refractivity contribution >= 4 is 68.7 Å². The molecule has 1 atom stereocenters. The molecule has 1 unspecified atom stereocenters. The van der Waals surface area contributed by atoms with Gasteiger partial charge in [-0.25, -0.2) is 0 Å². The molecule has 200 valence electrons. The molecule has 2 aromatic rings. The quantitative estimate of drug-likeness (QED) is 0.136. The molecule has 1 amide bonds. The minimum absolute atomic E-state index is 0.0958. The van der Waals surface area contributed by atoms with E-state index in [4.69, 9.17) is 32.7 Å². The number of nitrogens with one attached hydrogen (secondary N) is 1. The number of hydrogen-bond acceptors (Lipinski definition) is 11. The van der Waals surface area contributed by atoms with E-state index in [2.05, 4.69) is 26.0 Å². The maximum Gasteiger partial charge on any atom is 0.307 e. The number of carbonyl (C=O) groups is 2. The van der Waals surface area contributed by atoms with Gasteiger partial charge in [-0.15, -0.1) is 33.4 Å². The molecule has 2 rings (SSSR count). The summed E-state index contributed by atoms with van der Waals surface area (Å²) in [5.74, 6) is -0.293. The maximum absolute atomic E-state index is 11.9. The summed E-state index contributed by atoms with van der Waals surface area (Å²) in [4.78, 5) is 25.4. The van der Waals surface area contributed by atoms with Crippen molar-refractivity contribution in [2.75, 3.05) is 48.3 Å². The van der Waals surface area contributed by atoms with Crippen LogP contribution in [-0.4, -0.2) is 65.7 Å². The lowest BCUT2D eigenvalue weighted by molar-refractivity contribution is -0.142. The molecular formula is C23H28Cl2N6O5S. The molecule has 0 aliphatic heterocycles. The van der Waals surface area contributed by atoms with E-state index in [-0.39, 0.29) is 43.7 Å². The van der Waals surface area contributed by atoms with E-state index >= 15 is 0 Å². The van der Waals surface area contributed by atoms with Crippen LogP contribution in [0.2, 0.25) is 0 Å². The molecule has 1 heterocycles. The Bertz CT molecular complexity index is 1120. The van der Waals surface area contributed by atoms with Crippen molar-refractivity contribution in [1.82, 2.24) is 4.37 Å². The summed E-state index contributed by atoms with van der Waals surface area (Å²) in [7, 11) is 0. The first-order chi connectivity index (χ1) is 17.8. The van der Waals surface area contributed by atoms with Crippen LogP contribution in [0.4, 0.5) is 22.1 Å². The number of esters is 1. The van der Waals surface area contributed by atoms with Crippen LogP contribution in [0.25, 0.3) is 0 Å². The van der Waals surface area contributed by atoms with Crippen LogP contribution >= 0.6 is 34.7 Å². The minimum Gasteiger partial charge on any atom is -0.464 e. The number of rotatable bonds is 15. The lowest BCUT2D eigenvalue weighted by atomic mass is 10.2. The summed E-state index contributed by atoms with van der Waals surface area (Å²) in [5, 5.41) is 30.6. The van der Waals surface area contributed by atoms with E-state index in [0.29, 0.717) is 46.4 Å². The summed E-state index contributed by atoms with van der Waals surface area (Å²) in [5.41, 5.74) is 2.35. The second kappa shape index (κ2) is 16.1. The van der Waals surface area contributed by atoms with Gasteiger partial charge in [-0.05, 0) is 36.7 Å². The van der Waals surface area contributed by atoms with Gasteiger partial charge in [-0.3, -0.25) is 9.59 Å². The molecule has 37 heavy (non-hydrogen) atoms. The number of anilines is 2. The molecule has 0 spiro atoms. The molecule has 1 aromatic heterocycles. The van der Waals surface area contributed by atoms with Crippen LogP contribution in [0.15, 0.2) is 28.4 Å². The van der Waals surface area contributed by atoms with Crippen LogP contribution in [0.5, 0.6) is 0 Å². The first kappa shape index (κ1) is 30.4. The van der Waals surface area contributed by atoms with Crippen LogP contribution in [-0.2, 0) is 19.1 Å². The van der Waals surface area contributed by atoms with Gasteiger partial charge in [0, 0.05) is 37.3 Å². The predicted octanol–water partition coefficient (Wildman–Crippen LogP) is 4.64. The van der Waals surface area contributed by atoms with Crippen molar-refractivity contribution in [3.63, 3.8) is 0 Å². The summed E-state index contributed by atoms with van der Waals surface area (Å²) in [6.45, 7) is 4.01. The highest BCUT2D eigenvalue weighted by molar-refractivity contribution is 7.10. The summed E-state index contributed by atoms with van der Waals surface area (Å²) in [6, 6.07) is 7.19. The van der Waals surface area contributed by atoms with Crippen LogP contribution < -0.4 is 10.2 Å². The average molecular weight is 571 g/mol. The zero-order valence-corrected chi connectivity index (χ0v) is 22.8. The van der Waals surface area contributed by atoms with Crippen molar-refractivity contribution in [3.05, 3.63) is 29.5 Å². The number of ether oxygens (including phenoxy) is 2.